The minimum Gasteiger partial charge on any atom is -0.349 e. The zero-order valence-corrected chi connectivity index (χ0v) is 9.02. The van der Waals surface area contributed by atoms with E-state index in [9.17, 15) is 4.79 Å². The summed E-state index contributed by atoms with van der Waals surface area (Å²) in [4.78, 5) is 18.2. The van der Waals surface area contributed by atoms with Gasteiger partial charge in [0.1, 0.15) is 0 Å². The molecule has 0 N–H and O–H groups in total. The fraction of sp³-hybridized carbons (Fsp3) is 0.556. The van der Waals surface area contributed by atoms with Gasteiger partial charge in [-0.2, -0.15) is 0 Å². The molecule has 0 unspecified atom stereocenters. The normalized spacial score (nSPS) is 10.1. The Morgan fingerprint density at radius 2 is 2.31 bits per heavy atom. The number of carbonyl (C=O) groups is 1. The third-order valence-corrected chi connectivity index (χ3v) is 2.90. The van der Waals surface area contributed by atoms with Gasteiger partial charge in [-0.15, -0.1) is 11.3 Å². The van der Waals surface area contributed by atoms with E-state index in [1.165, 1.54) is 4.88 Å². The summed E-state index contributed by atoms with van der Waals surface area (Å²) in [5.74, 6) is 0.174. The van der Waals surface area contributed by atoms with E-state index in [4.69, 9.17) is 0 Å². The van der Waals surface area contributed by atoms with Crippen molar-refractivity contribution in [3.8, 4) is 0 Å². The number of aryl methyl sites for hydroxylation is 2. The van der Waals surface area contributed by atoms with Crippen LogP contribution in [-0.2, 0) is 11.2 Å². The van der Waals surface area contributed by atoms with Crippen LogP contribution in [0, 0.1) is 6.92 Å². The van der Waals surface area contributed by atoms with Crippen LogP contribution in [0.1, 0.15) is 17.0 Å². The van der Waals surface area contributed by atoms with Crippen molar-refractivity contribution in [3.05, 3.63) is 16.1 Å². The Kier molecular flexibility index (Phi) is 3.42. The molecule has 0 aliphatic heterocycles. The smallest absolute Gasteiger partial charge is 0.222 e. The number of hydrogen-bond acceptors (Lipinski definition) is 3. The molecule has 72 valence electrons. The summed E-state index contributed by atoms with van der Waals surface area (Å²) in [6, 6.07) is 0. The van der Waals surface area contributed by atoms with E-state index < -0.39 is 0 Å². The second-order valence-corrected chi connectivity index (χ2v) is 4.09. The van der Waals surface area contributed by atoms with Gasteiger partial charge in [-0.05, 0) is 13.3 Å². The van der Waals surface area contributed by atoms with Gasteiger partial charge in [0.2, 0.25) is 5.91 Å². The first kappa shape index (κ1) is 10.2. The second-order valence-electron chi connectivity index (χ2n) is 3.15. The molecule has 3 nitrogen and oxygen atoms in total. The minimum absolute atomic E-state index is 0.174. The molecule has 0 atom stereocenters. The molecule has 1 amide bonds. The van der Waals surface area contributed by atoms with E-state index >= 15 is 0 Å². The summed E-state index contributed by atoms with van der Waals surface area (Å²) in [7, 11) is 3.56. The van der Waals surface area contributed by atoms with E-state index in [0.717, 1.165) is 12.1 Å². The van der Waals surface area contributed by atoms with Crippen molar-refractivity contribution in [2.24, 2.45) is 0 Å². The van der Waals surface area contributed by atoms with Crippen molar-refractivity contribution >= 4 is 17.2 Å². The lowest BCUT2D eigenvalue weighted by Crippen LogP contribution is -2.21. The van der Waals surface area contributed by atoms with Gasteiger partial charge < -0.3 is 4.90 Å². The van der Waals surface area contributed by atoms with Gasteiger partial charge in [0.15, 0.2) is 0 Å². The summed E-state index contributed by atoms with van der Waals surface area (Å²) in [6.45, 7) is 1.98. The van der Waals surface area contributed by atoms with Gasteiger partial charge in [0.25, 0.3) is 0 Å². The van der Waals surface area contributed by atoms with Gasteiger partial charge in [-0.3, -0.25) is 4.79 Å². The number of carbonyl (C=O) groups excluding carboxylic acids is 1. The van der Waals surface area contributed by atoms with Gasteiger partial charge in [0.05, 0.1) is 11.2 Å². The third-order valence-electron chi connectivity index (χ3n) is 1.91. The largest absolute Gasteiger partial charge is 0.349 e. The molecule has 1 heterocycles. The zero-order chi connectivity index (χ0) is 9.84. The molecule has 1 aromatic heterocycles. The fourth-order valence-electron chi connectivity index (χ4n) is 1.01. The highest BCUT2D eigenvalue weighted by Crippen LogP contribution is 2.14. The maximum absolute atomic E-state index is 11.3. The van der Waals surface area contributed by atoms with Crippen LogP contribution in [0.3, 0.4) is 0 Å². The molecule has 0 spiro atoms. The summed E-state index contributed by atoms with van der Waals surface area (Å²) in [6.07, 6.45) is 1.39. The highest BCUT2D eigenvalue weighted by molar-refractivity contribution is 7.09. The third kappa shape index (κ3) is 2.81. The predicted molar refractivity (Wildman–Crippen MR) is 53.9 cm³/mol. The second kappa shape index (κ2) is 4.37. The summed E-state index contributed by atoms with van der Waals surface area (Å²) < 4.78 is 0. The van der Waals surface area contributed by atoms with Gasteiger partial charge in [-0.1, -0.05) is 0 Å². The number of aromatic nitrogens is 1. The number of nitrogens with zero attached hydrogens (tertiary/aromatic N) is 2. The summed E-state index contributed by atoms with van der Waals surface area (Å²) in [5, 5.41) is 0. The van der Waals surface area contributed by atoms with Gasteiger partial charge in [0, 0.05) is 25.4 Å². The first-order chi connectivity index (χ1) is 6.11. The molecule has 13 heavy (non-hydrogen) atoms. The first-order valence-corrected chi connectivity index (χ1v) is 5.08. The summed E-state index contributed by atoms with van der Waals surface area (Å²) >= 11 is 1.62. The molecule has 0 radical (unpaired) electrons. The molecule has 0 fully saturated rings. The van der Waals surface area contributed by atoms with Crippen LogP contribution in [0.4, 0.5) is 0 Å². The molecule has 1 rings (SSSR count). The van der Waals surface area contributed by atoms with Crippen molar-refractivity contribution in [3.63, 3.8) is 0 Å². The molecule has 0 aliphatic carbocycles. The molecule has 0 aliphatic rings. The average molecular weight is 198 g/mol. The Morgan fingerprint density at radius 3 is 2.77 bits per heavy atom. The maximum atomic E-state index is 11.3. The van der Waals surface area contributed by atoms with Crippen LogP contribution in [0.5, 0.6) is 0 Å². The molecule has 0 bridgehead atoms. The van der Waals surface area contributed by atoms with Crippen molar-refractivity contribution in [2.75, 3.05) is 14.1 Å². The van der Waals surface area contributed by atoms with Crippen LogP contribution in [0.15, 0.2) is 5.51 Å². The number of thiazole rings is 1. The topological polar surface area (TPSA) is 33.2 Å². The molecular formula is C9H14N2OS. The monoisotopic (exact) mass is 198 g/mol. The van der Waals surface area contributed by atoms with E-state index in [1.54, 1.807) is 30.3 Å². The zero-order valence-electron chi connectivity index (χ0n) is 8.20. The van der Waals surface area contributed by atoms with E-state index in [0.29, 0.717) is 6.42 Å². The van der Waals surface area contributed by atoms with Crippen LogP contribution in [0.25, 0.3) is 0 Å². The molecule has 1 aromatic rings. The van der Waals surface area contributed by atoms with Gasteiger partial charge >= 0.3 is 0 Å². The van der Waals surface area contributed by atoms with E-state index in [-0.39, 0.29) is 5.91 Å². The highest BCUT2D eigenvalue weighted by Gasteiger charge is 2.06. The Bertz CT molecular complexity index is 294. The highest BCUT2D eigenvalue weighted by atomic mass is 32.1. The molecule has 4 heteroatoms. The lowest BCUT2D eigenvalue weighted by atomic mass is 10.2. The number of rotatable bonds is 3. The first-order valence-electron chi connectivity index (χ1n) is 4.20. The van der Waals surface area contributed by atoms with Gasteiger partial charge in [-0.25, -0.2) is 4.98 Å². The Balaban J connectivity index is 2.44. The molecule has 0 saturated carbocycles. The number of hydrogen-bond donors (Lipinski definition) is 0. The average Bonchev–Trinajstić information content (AvgIpc) is 2.47. The van der Waals surface area contributed by atoms with Crippen molar-refractivity contribution in [1.82, 2.24) is 9.88 Å². The minimum atomic E-state index is 0.174. The standard InChI is InChI=1S/C9H14N2OS/c1-7-8(13-6-10-7)4-5-9(12)11(2)3/h6H,4-5H2,1-3H3. The number of amides is 1. The van der Waals surface area contributed by atoms with Crippen molar-refractivity contribution in [1.29, 1.82) is 0 Å². The quantitative estimate of drug-likeness (QED) is 0.737. The van der Waals surface area contributed by atoms with Crippen LogP contribution >= 0.6 is 11.3 Å². The SMILES string of the molecule is Cc1ncsc1CCC(=O)N(C)C. The predicted octanol–water partition coefficient (Wildman–Crippen LogP) is 1.47. The van der Waals surface area contributed by atoms with E-state index in [1.807, 2.05) is 12.4 Å². The molecular weight excluding hydrogens is 184 g/mol. The Hall–Kier alpha value is -0.900. The fourth-order valence-corrected chi connectivity index (χ4v) is 1.79. The van der Waals surface area contributed by atoms with E-state index in [2.05, 4.69) is 4.98 Å². The molecule has 0 aromatic carbocycles. The Morgan fingerprint density at radius 1 is 1.62 bits per heavy atom. The van der Waals surface area contributed by atoms with Crippen LogP contribution in [0.2, 0.25) is 0 Å². The Labute approximate surface area is 82.4 Å². The maximum Gasteiger partial charge on any atom is 0.222 e. The molecule has 0 saturated heterocycles. The van der Waals surface area contributed by atoms with Crippen LogP contribution < -0.4 is 0 Å². The summed E-state index contributed by atoms with van der Waals surface area (Å²) in [5.41, 5.74) is 2.88. The van der Waals surface area contributed by atoms with Crippen molar-refractivity contribution < 1.29 is 4.79 Å². The van der Waals surface area contributed by atoms with Crippen LogP contribution in [-0.4, -0.2) is 29.9 Å². The lowest BCUT2D eigenvalue weighted by molar-refractivity contribution is -0.128. The van der Waals surface area contributed by atoms with Crippen molar-refractivity contribution in [2.45, 2.75) is 19.8 Å². The lowest BCUT2D eigenvalue weighted by Gasteiger charge is -2.08.